The van der Waals surface area contributed by atoms with E-state index in [-0.39, 0.29) is 17.8 Å². The van der Waals surface area contributed by atoms with Gasteiger partial charge in [0, 0.05) is 6.54 Å². The minimum absolute atomic E-state index is 0.0521. The second kappa shape index (κ2) is 5.57. The Hall–Kier alpha value is -1.97. The van der Waals surface area contributed by atoms with Crippen LogP contribution in [0.1, 0.15) is 18.1 Å². The van der Waals surface area contributed by atoms with E-state index in [1.165, 1.54) is 11.3 Å². The first-order valence-corrected chi connectivity index (χ1v) is 6.76. The van der Waals surface area contributed by atoms with Crippen LogP contribution < -0.4 is 5.32 Å². The quantitative estimate of drug-likeness (QED) is 0.910. The van der Waals surface area contributed by atoms with Crippen LogP contribution in [0, 0.1) is 23.0 Å². The third kappa shape index (κ3) is 2.95. The zero-order valence-corrected chi connectivity index (χ0v) is 11.5. The lowest BCUT2D eigenvalue weighted by atomic mass is 9.99. The molecule has 2 N–H and O–H groups in total. The molecule has 104 valence electrons. The molecule has 2 aromatic rings. The van der Waals surface area contributed by atoms with Gasteiger partial charge in [-0.1, -0.05) is 0 Å². The van der Waals surface area contributed by atoms with Gasteiger partial charge in [-0.15, -0.1) is 0 Å². The standard InChI is InChI=1S/C14H12F2N2OS/c1-14(19,10-2-3-20-7-10)8-18-13-11(15)4-9(6-17)5-12(13)16/h2-5,7,18-19H,8H2,1H3. The van der Waals surface area contributed by atoms with Gasteiger partial charge >= 0.3 is 0 Å². The largest absolute Gasteiger partial charge is 0.384 e. The van der Waals surface area contributed by atoms with Crippen LogP contribution in [-0.4, -0.2) is 11.7 Å². The molecule has 0 spiro atoms. The van der Waals surface area contributed by atoms with E-state index in [4.69, 9.17) is 5.26 Å². The number of hydrogen-bond acceptors (Lipinski definition) is 4. The van der Waals surface area contributed by atoms with Crippen molar-refractivity contribution in [2.24, 2.45) is 0 Å². The highest BCUT2D eigenvalue weighted by Gasteiger charge is 2.24. The lowest BCUT2D eigenvalue weighted by Gasteiger charge is -2.23. The summed E-state index contributed by atoms with van der Waals surface area (Å²) in [5.41, 5.74) is -1.01. The monoisotopic (exact) mass is 294 g/mol. The summed E-state index contributed by atoms with van der Waals surface area (Å²) in [5, 5.41) is 25.0. The number of thiophene rings is 1. The zero-order chi connectivity index (χ0) is 14.8. The summed E-state index contributed by atoms with van der Waals surface area (Å²) in [6.07, 6.45) is 0. The van der Waals surface area contributed by atoms with Gasteiger partial charge in [-0.05, 0) is 41.4 Å². The maximum Gasteiger partial charge on any atom is 0.150 e. The van der Waals surface area contributed by atoms with Crippen LogP contribution in [0.4, 0.5) is 14.5 Å². The predicted octanol–water partition coefficient (Wildman–Crippen LogP) is 3.22. The number of nitriles is 1. The van der Waals surface area contributed by atoms with E-state index in [0.29, 0.717) is 5.56 Å². The maximum absolute atomic E-state index is 13.7. The van der Waals surface area contributed by atoms with Crippen molar-refractivity contribution in [1.29, 1.82) is 5.26 Å². The molecule has 0 aliphatic heterocycles. The van der Waals surface area contributed by atoms with Crippen LogP contribution in [0.5, 0.6) is 0 Å². The molecule has 1 aromatic heterocycles. The fourth-order valence-electron chi connectivity index (χ4n) is 1.74. The summed E-state index contributed by atoms with van der Waals surface area (Å²) in [4.78, 5) is 0. The molecule has 1 atom stereocenters. The third-order valence-electron chi connectivity index (χ3n) is 2.92. The second-order valence-electron chi connectivity index (χ2n) is 4.57. The van der Waals surface area contributed by atoms with Crippen molar-refractivity contribution in [3.63, 3.8) is 0 Å². The van der Waals surface area contributed by atoms with Gasteiger partial charge in [0.2, 0.25) is 0 Å². The van der Waals surface area contributed by atoms with Crippen LogP contribution in [0.2, 0.25) is 0 Å². The molecule has 20 heavy (non-hydrogen) atoms. The molecule has 1 unspecified atom stereocenters. The van der Waals surface area contributed by atoms with E-state index in [9.17, 15) is 13.9 Å². The first-order valence-electron chi connectivity index (χ1n) is 5.82. The Labute approximate surface area is 119 Å². The van der Waals surface area contributed by atoms with Gasteiger partial charge in [0.15, 0.2) is 11.6 Å². The first-order chi connectivity index (χ1) is 9.44. The highest BCUT2D eigenvalue weighted by molar-refractivity contribution is 7.08. The van der Waals surface area contributed by atoms with E-state index in [0.717, 1.165) is 12.1 Å². The molecule has 0 saturated heterocycles. The maximum atomic E-state index is 13.7. The number of hydrogen-bond donors (Lipinski definition) is 2. The molecular weight excluding hydrogens is 282 g/mol. The number of nitrogens with one attached hydrogen (secondary N) is 1. The van der Waals surface area contributed by atoms with Gasteiger partial charge < -0.3 is 10.4 Å². The molecule has 1 heterocycles. The van der Waals surface area contributed by atoms with E-state index >= 15 is 0 Å². The molecule has 6 heteroatoms. The van der Waals surface area contributed by atoms with Gasteiger partial charge in [0.1, 0.15) is 11.3 Å². The van der Waals surface area contributed by atoms with Crippen molar-refractivity contribution >= 4 is 17.0 Å². The summed E-state index contributed by atoms with van der Waals surface area (Å²) in [6, 6.07) is 5.32. The normalized spacial score (nSPS) is 13.6. The Bertz CT molecular complexity index is 625. The predicted molar refractivity (Wildman–Crippen MR) is 73.5 cm³/mol. The topological polar surface area (TPSA) is 56.0 Å². The average Bonchev–Trinajstić information content (AvgIpc) is 2.92. The van der Waals surface area contributed by atoms with Crippen molar-refractivity contribution in [2.75, 3.05) is 11.9 Å². The van der Waals surface area contributed by atoms with Gasteiger partial charge in [-0.2, -0.15) is 16.6 Å². The molecule has 0 amide bonds. The average molecular weight is 294 g/mol. The molecule has 0 aliphatic rings. The molecular formula is C14H12F2N2OS. The summed E-state index contributed by atoms with van der Waals surface area (Å²) in [5.74, 6) is -1.72. The van der Waals surface area contributed by atoms with Gasteiger partial charge in [0.05, 0.1) is 11.6 Å². The van der Waals surface area contributed by atoms with Crippen molar-refractivity contribution in [3.8, 4) is 6.07 Å². The molecule has 3 nitrogen and oxygen atoms in total. The Balaban J connectivity index is 2.18. The second-order valence-corrected chi connectivity index (χ2v) is 5.35. The van der Waals surface area contributed by atoms with Crippen LogP contribution in [0.3, 0.4) is 0 Å². The molecule has 0 fully saturated rings. The summed E-state index contributed by atoms with van der Waals surface area (Å²) < 4.78 is 27.4. The molecule has 2 rings (SSSR count). The molecule has 1 aromatic carbocycles. The smallest absolute Gasteiger partial charge is 0.150 e. The lowest BCUT2D eigenvalue weighted by Crippen LogP contribution is -2.30. The Kier molecular flexibility index (Phi) is 4.02. The number of aliphatic hydroxyl groups is 1. The Morgan fingerprint density at radius 3 is 2.55 bits per heavy atom. The zero-order valence-electron chi connectivity index (χ0n) is 10.7. The minimum Gasteiger partial charge on any atom is -0.384 e. The summed E-state index contributed by atoms with van der Waals surface area (Å²) in [7, 11) is 0. The van der Waals surface area contributed by atoms with E-state index in [2.05, 4.69) is 5.32 Å². The van der Waals surface area contributed by atoms with Crippen molar-refractivity contribution in [3.05, 3.63) is 51.7 Å². The minimum atomic E-state index is -1.24. The first kappa shape index (κ1) is 14.4. The van der Waals surface area contributed by atoms with E-state index in [1.807, 2.05) is 5.38 Å². The fraction of sp³-hybridized carbons (Fsp3) is 0.214. The number of halogens is 2. The lowest BCUT2D eigenvalue weighted by molar-refractivity contribution is 0.0718. The van der Waals surface area contributed by atoms with Gasteiger partial charge in [-0.3, -0.25) is 0 Å². The number of nitrogens with zero attached hydrogens (tertiary/aromatic N) is 1. The highest BCUT2D eigenvalue weighted by Crippen LogP contribution is 2.26. The van der Waals surface area contributed by atoms with Crippen molar-refractivity contribution < 1.29 is 13.9 Å². The highest BCUT2D eigenvalue weighted by atomic mass is 32.1. The van der Waals surface area contributed by atoms with Crippen LogP contribution in [0.15, 0.2) is 29.0 Å². The number of benzene rings is 1. The van der Waals surface area contributed by atoms with Gasteiger partial charge in [0.25, 0.3) is 0 Å². The number of anilines is 1. The third-order valence-corrected chi connectivity index (χ3v) is 3.61. The fourth-order valence-corrected chi connectivity index (χ4v) is 2.52. The van der Waals surface area contributed by atoms with E-state index < -0.39 is 17.2 Å². The van der Waals surface area contributed by atoms with Crippen LogP contribution in [-0.2, 0) is 5.60 Å². The van der Waals surface area contributed by atoms with Gasteiger partial charge in [-0.25, -0.2) is 8.78 Å². The van der Waals surface area contributed by atoms with Crippen LogP contribution >= 0.6 is 11.3 Å². The van der Waals surface area contributed by atoms with Crippen LogP contribution in [0.25, 0.3) is 0 Å². The Morgan fingerprint density at radius 1 is 1.40 bits per heavy atom. The molecule has 0 bridgehead atoms. The van der Waals surface area contributed by atoms with Crippen molar-refractivity contribution in [1.82, 2.24) is 0 Å². The Morgan fingerprint density at radius 2 is 2.05 bits per heavy atom. The molecule has 0 radical (unpaired) electrons. The molecule has 0 aliphatic carbocycles. The van der Waals surface area contributed by atoms with Crippen molar-refractivity contribution in [2.45, 2.75) is 12.5 Å². The summed E-state index contributed by atoms with van der Waals surface area (Å²) in [6.45, 7) is 1.50. The SMILES string of the molecule is CC(O)(CNc1c(F)cc(C#N)cc1F)c1ccsc1. The number of rotatable bonds is 4. The molecule has 0 saturated carbocycles. The summed E-state index contributed by atoms with van der Waals surface area (Å²) >= 11 is 1.43. The van der Waals surface area contributed by atoms with E-state index in [1.54, 1.807) is 24.4 Å².